The highest BCUT2D eigenvalue weighted by Crippen LogP contribution is 2.33. The van der Waals surface area contributed by atoms with Crippen molar-refractivity contribution in [3.8, 4) is 5.75 Å². The third-order valence-corrected chi connectivity index (χ3v) is 4.01. The molecule has 1 N–H and O–H groups in total. The summed E-state index contributed by atoms with van der Waals surface area (Å²) in [5.74, 6) is 1.73. The van der Waals surface area contributed by atoms with E-state index in [4.69, 9.17) is 4.74 Å². The smallest absolute Gasteiger partial charge is 0.122 e. The second-order valence-corrected chi connectivity index (χ2v) is 5.49. The van der Waals surface area contributed by atoms with Gasteiger partial charge in [-0.1, -0.05) is 18.2 Å². The maximum absolute atomic E-state index is 5.73. The third-order valence-electron chi connectivity index (χ3n) is 4.01. The number of nitrogens with zero attached hydrogens (tertiary/aromatic N) is 1. The summed E-state index contributed by atoms with van der Waals surface area (Å²) < 4.78 is 5.73. The van der Waals surface area contributed by atoms with Gasteiger partial charge in [0.25, 0.3) is 0 Å². The van der Waals surface area contributed by atoms with Crippen molar-refractivity contribution in [1.29, 1.82) is 0 Å². The molecule has 0 spiro atoms. The summed E-state index contributed by atoms with van der Waals surface area (Å²) in [6.07, 6.45) is 1.15. The highest BCUT2D eigenvalue weighted by Gasteiger charge is 2.25. The SMILES string of the molecule is CC1CN(CC2CCOc3ccccc32)CCN1. The molecule has 0 aromatic heterocycles. The van der Waals surface area contributed by atoms with Crippen LogP contribution in [0.4, 0.5) is 0 Å². The minimum absolute atomic E-state index is 0.619. The van der Waals surface area contributed by atoms with Gasteiger partial charge in [-0.05, 0) is 25.0 Å². The molecule has 1 fully saturated rings. The largest absolute Gasteiger partial charge is 0.493 e. The van der Waals surface area contributed by atoms with E-state index in [1.807, 2.05) is 0 Å². The molecule has 2 heterocycles. The van der Waals surface area contributed by atoms with Crippen LogP contribution in [0.5, 0.6) is 5.75 Å². The summed E-state index contributed by atoms with van der Waals surface area (Å²) in [5, 5.41) is 3.50. The Morgan fingerprint density at radius 3 is 3.17 bits per heavy atom. The first-order chi connectivity index (χ1) is 8.83. The number of rotatable bonds is 2. The third kappa shape index (κ3) is 2.52. The summed E-state index contributed by atoms with van der Waals surface area (Å²) in [5.41, 5.74) is 1.40. The van der Waals surface area contributed by atoms with Gasteiger partial charge in [0.1, 0.15) is 5.75 Å². The number of nitrogens with one attached hydrogen (secondary N) is 1. The Morgan fingerprint density at radius 1 is 1.39 bits per heavy atom. The van der Waals surface area contributed by atoms with Gasteiger partial charge in [-0.3, -0.25) is 4.90 Å². The van der Waals surface area contributed by atoms with Crippen LogP contribution in [0.2, 0.25) is 0 Å². The highest BCUT2D eigenvalue weighted by molar-refractivity contribution is 5.37. The Labute approximate surface area is 109 Å². The molecule has 2 aliphatic rings. The van der Waals surface area contributed by atoms with Crippen LogP contribution in [0.25, 0.3) is 0 Å². The van der Waals surface area contributed by atoms with E-state index < -0.39 is 0 Å². The summed E-state index contributed by atoms with van der Waals surface area (Å²) in [6, 6.07) is 9.13. The quantitative estimate of drug-likeness (QED) is 0.862. The lowest BCUT2D eigenvalue weighted by molar-refractivity contribution is 0.175. The first-order valence-corrected chi connectivity index (χ1v) is 7.00. The van der Waals surface area contributed by atoms with Gasteiger partial charge in [0.05, 0.1) is 6.61 Å². The van der Waals surface area contributed by atoms with Gasteiger partial charge in [0.15, 0.2) is 0 Å². The fourth-order valence-electron chi connectivity index (χ4n) is 3.10. The number of para-hydroxylation sites is 1. The van der Waals surface area contributed by atoms with Crippen LogP contribution in [0.1, 0.15) is 24.8 Å². The van der Waals surface area contributed by atoms with E-state index in [2.05, 4.69) is 41.4 Å². The van der Waals surface area contributed by atoms with E-state index in [0.29, 0.717) is 12.0 Å². The highest BCUT2D eigenvalue weighted by atomic mass is 16.5. The van der Waals surface area contributed by atoms with Gasteiger partial charge in [-0.15, -0.1) is 0 Å². The lowest BCUT2D eigenvalue weighted by Gasteiger charge is -2.36. The molecule has 3 heteroatoms. The molecule has 2 atom stereocenters. The Morgan fingerprint density at radius 2 is 2.28 bits per heavy atom. The zero-order valence-electron chi connectivity index (χ0n) is 11.1. The number of benzene rings is 1. The normalized spacial score (nSPS) is 28.5. The average Bonchev–Trinajstić information content (AvgIpc) is 2.39. The predicted octanol–water partition coefficient (Wildman–Crippen LogP) is 1.85. The van der Waals surface area contributed by atoms with E-state index in [-0.39, 0.29) is 0 Å². The van der Waals surface area contributed by atoms with Gasteiger partial charge in [0.2, 0.25) is 0 Å². The number of fused-ring (bicyclic) bond motifs is 1. The topological polar surface area (TPSA) is 24.5 Å². The van der Waals surface area contributed by atoms with Crippen molar-refractivity contribution in [3.05, 3.63) is 29.8 Å². The molecular weight excluding hydrogens is 224 g/mol. The molecule has 0 radical (unpaired) electrons. The van der Waals surface area contributed by atoms with E-state index >= 15 is 0 Å². The Bertz CT molecular complexity index is 407. The molecule has 18 heavy (non-hydrogen) atoms. The fourth-order valence-corrected chi connectivity index (χ4v) is 3.10. The van der Waals surface area contributed by atoms with E-state index in [1.165, 1.54) is 25.2 Å². The summed E-state index contributed by atoms with van der Waals surface area (Å²) >= 11 is 0. The lowest BCUT2D eigenvalue weighted by Crippen LogP contribution is -2.50. The number of ether oxygens (including phenoxy) is 1. The minimum Gasteiger partial charge on any atom is -0.493 e. The molecule has 0 bridgehead atoms. The van der Waals surface area contributed by atoms with Crippen molar-refractivity contribution in [1.82, 2.24) is 10.2 Å². The Hall–Kier alpha value is -1.06. The molecule has 0 amide bonds. The van der Waals surface area contributed by atoms with Gasteiger partial charge < -0.3 is 10.1 Å². The van der Waals surface area contributed by atoms with Crippen molar-refractivity contribution in [3.63, 3.8) is 0 Å². The van der Waals surface area contributed by atoms with Crippen molar-refractivity contribution < 1.29 is 4.74 Å². The van der Waals surface area contributed by atoms with Crippen molar-refractivity contribution in [2.24, 2.45) is 0 Å². The van der Waals surface area contributed by atoms with Crippen molar-refractivity contribution in [2.75, 3.05) is 32.8 Å². The number of hydrogen-bond acceptors (Lipinski definition) is 3. The molecule has 3 rings (SSSR count). The van der Waals surface area contributed by atoms with Crippen LogP contribution in [-0.2, 0) is 0 Å². The lowest BCUT2D eigenvalue weighted by atomic mass is 9.92. The predicted molar refractivity (Wildman–Crippen MR) is 73.2 cm³/mol. The first kappa shape index (κ1) is 12.0. The standard InChI is InChI=1S/C15H22N2O/c1-12-10-17(8-7-16-12)11-13-6-9-18-15-5-3-2-4-14(13)15/h2-5,12-13,16H,6-11H2,1H3. The maximum Gasteiger partial charge on any atom is 0.122 e. The van der Waals surface area contributed by atoms with E-state index in [1.54, 1.807) is 0 Å². The molecule has 2 unspecified atom stereocenters. The van der Waals surface area contributed by atoms with Gasteiger partial charge in [0, 0.05) is 38.1 Å². The van der Waals surface area contributed by atoms with Crippen LogP contribution >= 0.6 is 0 Å². The molecule has 2 aliphatic heterocycles. The van der Waals surface area contributed by atoms with Crippen molar-refractivity contribution >= 4 is 0 Å². The first-order valence-electron chi connectivity index (χ1n) is 7.00. The van der Waals surface area contributed by atoms with Gasteiger partial charge in [-0.25, -0.2) is 0 Å². The zero-order valence-corrected chi connectivity index (χ0v) is 11.1. The molecule has 3 nitrogen and oxygen atoms in total. The molecule has 0 saturated carbocycles. The minimum atomic E-state index is 0.619. The molecule has 1 aromatic rings. The maximum atomic E-state index is 5.73. The summed E-state index contributed by atoms with van der Waals surface area (Å²) in [6.45, 7) is 7.76. The second-order valence-electron chi connectivity index (χ2n) is 5.49. The van der Waals surface area contributed by atoms with Crippen LogP contribution in [0, 0.1) is 0 Å². The van der Waals surface area contributed by atoms with Crippen LogP contribution in [-0.4, -0.2) is 43.7 Å². The number of piperazine rings is 1. The molecule has 1 aromatic carbocycles. The summed E-state index contributed by atoms with van der Waals surface area (Å²) in [7, 11) is 0. The molecule has 98 valence electrons. The molecule has 0 aliphatic carbocycles. The van der Waals surface area contributed by atoms with Crippen LogP contribution in [0.15, 0.2) is 24.3 Å². The zero-order chi connectivity index (χ0) is 12.4. The van der Waals surface area contributed by atoms with Crippen LogP contribution in [0.3, 0.4) is 0 Å². The van der Waals surface area contributed by atoms with E-state index in [0.717, 1.165) is 25.3 Å². The summed E-state index contributed by atoms with van der Waals surface area (Å²) in [4.78, 5) is 2.59. The number of hydrogen-bond donors (Lipinski definition) is 1. The second kappa shape index (κ2) is 5.29. The Kier molecular flexibility index (Phi) is 3.52. The van der Waals surface area contributed by atoms with Gasteiger partial charge >= 0.3 is 0 Å². The monoisotopic (exact) mass is 246 g/mol. The molecular formula is C15H22N2O. The van der Waals surface area contributed by atoms with E-state index in [9.17, 15) is 0 Å². The Balaban J connectivity index is 1.70. The average molecular weight is 246 g/mol. The van der Waals surface area contributed by atoms with Crippen molar-refractivity contribution in [2.45, 2.75) is 25.3 Å². The molecule has 1 saturated heterocycles. The fraction of sp³-hybridized carbons (Fsp3) is 0.600. The van der Waals surface area contributed by atoms with Gasteiger partial charge in [-0.2, -0.15) is 0 Å². The van der Waals surface area contributed by atoms with Crippen LogP contribution < -0.4 is 10.1 Å².